The van der Waals surface area contributed by atoms with Crippen molar-refractivity contribution in [3.63, 3.8) is 0 Å². The van der Waals surface area contributed by atoms with Crippen molar-refractivity contribution < 1.29 is 4.74 Å². The minimum atomic E-state index is 0.240. The summed E-state index contributed by atoms with van der Waals surface area (Å²) in [5, 5.41) is 3.97. The number of rotatable bonds is 4. The molecule has 0 bridgehead atoms. The molecule has 5 nitrogen and oxygen atoms in total. The Bertz CT molecular complexity index is 541. The lowest BCUT2D eigenvalue weighted by Crippen LogP contribution is -2.22. The average molecular weight is 337 g/mol. The molecule has 1 aliphatic rings. The number of hydrogen-bond acceptors (Lipinski definition) is 5. The first kappa shape index (κ1) is 19.6. The van der Waals surface area contributed by atoms with E-state index in [-0.39, 0.29) is 6.04 Å². The molecule has 0 aliphatic carbocycles. The number of nitrogens with zero attached hydrogens (tertiary/aromatic N) is 3. The van der Waals surface area contributed by atoms with Gasteiger partial charge in [-0.2, -0.15) is 0 Å². The van der Waals surface area contributed by atoms with E-state index >= 15 is 0 Å². The van der Waals surface area contributed by atoms with Gasteiger partial charge in [-0.1, -0.05) is 17.8 Å². The summed E-state index contributed by atoms with van der Waals surface area (Å²) in [4.78, 5) is 13.4. The number of ether oxygens (including phenoxy) is 1. The molecule has 0 radical (unpaired) electrons. The van der Waals surface area contributed by atoms with Gasteiger partial charge in [0.25, 0.3) is 0 Å². The van der Waals surface area contributed by atoms with Crippen molar-refractivity contribution in [3.8, 4) is 0 Å². The molecule has 0 spiro atoms. The van der Waals surface area contributed by atoms with Crippen LogP contribution in [0.2, 0.25) is 0 Å². The van der Waals surface area contributed by atoms with E-state index in [0.717, 1.165) is 35.3 Å². The molecule has 128 valence electrons. The van der Waals surface area contributed by atoms with E-state index in [1.165, 1.54) is 0 Å². The van der Waals surface area contributed by atoms with E-state index in [9.17, 15) is 0 Å². The standard InChI is InChI=1S/C12H16N4S.C5H12O/c1-8(2)15-11-10-9(5-4-6-13-11)7-14-12(16-10)17-3;1-4-6-5(2)3/h4,6-8H,5H2,1-3H3,(H,13,15);5H,4H2,1-3H3. The fourth-order valence-electron chi connectivity index (χ4n) is 1.93. The van der Waals surface area contributed by atoms with Gasteiger partial charge < -0.3 is 10.1 Å². The second-order valence-electron chi connectivity index (χ2n) is 5.56. The number of aliphatic imine (C=N–C) groups is 1. The highest BCUT2D eigenvalue weighted by molar-refractivity contribution is 7.98. The Morgan fingerprint density at radius 2 is 2.09 bits per heavy atom. The zero-order valence-electron chi connectivity index (χ0n) is 15.0. The van der Waals surface area contributed by atoms with Crippen molar-refractivity contribution >= 4 is 17.6 Å². The second-order valence-corrected chi connectivity index (χ2v) is 6.33. The molecule has 2 rings (SSSR count). The Labute approximate surface area is 144 Å². The van der Waals surface area contributed by atoms with Gasteiger partial charge in [0, 0.05) is 24.4 Å². The predicted octanol–water partition coefficient (Wildman–Crippen LogP) is 3.44. The number of thioether (sulfide) groups is 1. The molecule has 0 fully saturated rings. The highest BCUT2D eigenvalue weighted by Crippen LogP contribution is 2.15. The summed E-state index contributed by atoms with van der Waals surface area (Å²) < 4.78 is 5.04. The number of nitrogens with one attached hydrogen (secondary N) is 1. The van der Waals surface area contributed by atoms with E-state index in [0.29, 0.717) is 6.10 Å². The highest BCUT2D eigenvalue weighted by Gasteiger charge is 2.14. The molecule has 1 aromatic rings. The Hall–Kier alpha value is -1.40. The summed E-state index contributed by atoms with van der Waals surface area (Å²) in [5.74, 6) is 0.835. The summed E-state index contributed by atoms with van der Waals surface area (Å²) >= 11 is 1.54. The van der Waals surface area contributed by atoms with Gasteiger partial charge in [-0.15, -0.1) is 0 Å². The zero-order chi connectivity index (χ0) is 17.2. The summed E-state index contributed by atoms with van der Waals surface area (Å²) in [5.41, 5.74) is 2.03. The fourth-order valence-corrected chi connectivity index (χ4v) is 2.27. The largest absolute Gasteiger partial charge is 0.379 e. The van der Waals surface area contributed by atoms with Gasteiger partial charge in [0.05, 0.1) is 6.10 Å². The van der Waals surface area contributed by atoms with Crippen LogP contribution < -0.4 is 5.32 Å². The SMILES string of the molecule is CCOC(C)C.CSc1ncc2c(n1)C(=NC(C)C)NC=CC2. The number of amidine groups is 1. The Kier molecular flexibility index (Phi) is 8.87. The van der Waals surface area contributed by atoms with Crippen LogP contribution in [0.15, 0.2) is 28.6 Å². The van der Waals surface area contributed by atoms with Crippen LogP contribution in [0, 0.1) is 0 Å². The molecule has 23 heavy (non-hydrogen) atoms. The van der Waals surface area contributed by atoms with Gasteiger partial charge >= 0.3 is 0 Å². The first-order valence-electron chi connectivity index (χ1n) is 7.99. The molecule has 0 amide bonds. The van der Waals surface area contributed by atoms with E-state index in [4.69, 9.17) is 4.74 Å². The number of aromatic nitrogens is 2. The molecule has 6 heteroatoms. The molecule has 0 atom stereocenters. The van der Waals surface area contributed by atoms with Crippen molar-refractivity contribution in [2.45, 2.75) is 58.3 Å². The first-order chi connectivity index (χ1) is 11.0. The van der Waals surface area contributed by atoms with Gasteiger partial charge in [0.15, 0.2) is 11.0 Å². The molecule has 0 unspecified atom stereocenters. The van der Waals surface area contributed by atoms with Gasteiger partial charge in [0.2, 0.25) is 0 Å². The molecule has 1 aliphatic heterocycles. The van der Waals surface area contributed by atoms with E-state index < -0.39 is 0 Å². The fraction of sp³-hybridized carbons (Fsp3) is 0.588. The highest BCUT2D eigenvalue weighted by atomic mass is 32.2. The third kappa shape index (κ3) is 7.14. The van der Waals surface area contributed by atoms with Crippen LogP contribution in [0.1, 0.15) is 45.9 Å². The van der Waals surface area contributed by atoms with Crippen LogP contribution >= 0.6 is 11.8 Å². The number of fused-ring (bicyclic) bond motifs is 1. The van der Waals surface area contributed by atoms with Crippen LogP contribution in [0.4, 0.5) is 0 Å². The molecule has 2 heterocycles. The van der Waals surface area contributed by atoms with Gasteiger partial charge in [-0.05, 0) is 53.5 Å². The summed E-state index contributed by atoms with van der Waals surface area (Å²) in [6.45, 7) is 11.0. The Morgan fingerprint density at radius 3 is 2.61 bits per heavy atom. The monoisotopic (exact) mass is 336 g/mol. The minimum absolute atomic E-state index is 0.240. The third-order valence-corrected chi connectivity index (χ3v) is 3.37. The smallest absolute Gasteiger partial charge is 0.187 e. The lowest BCUT2D eigenvalue weighted by Gasteiger charge is -2.09. The Balaban J connectivity index is 0.000000379. The third-order valence-electron chi connectivity index (χ3n) is 2.81. The second kappa shape index (κ2) is 10.4. The van der Waals surface area contributed by atoms with Crippen LogP contribution in [0.5, 0.6) is 0 Å². The quantitative estimate of drug-likeness (QED) is 0.674. The molecule has 0 aromatic carbocycles. The number of allylic oxidation sites excluding steroid dienone is 1. The van der Waals surface area contributed by atoms with Gasteiger partial charge in [-0.25, -0.2) is 9.97 Å². The lowest BCUT2D eigenvalue weighted by molar-refractivity contribution is 0.0899. The summed E-state index contributed by atoms with van der Waals surface area (Å²) in [6, 6.07) is 0.240. The molecular formula is C17H28N4OS. The Morgan fingerprint density at radius 1 is 1.35 bits per heavy atom. The zero-order valence-corrected chi connectivity index (χ0v) is 15.8. The topological polar surface area (TPSA) is 59.4 Å². The van der Waals surface area contributed by atoms with Gasteiger partial charge in [0.1, 0.15) is 5.69 Å². The minimum Gasteiger partial charge on any atom is -0.379 e. The summed E-state index contributed by atoms with van der Waals surface area (Å²) in [6.07, 6.45) is 9.08. The van der Waals surface area contributed by atoms with Crippen molar-refractivity contribution in [2.75, 3.05) is 12.9 Å². The van der Waals surface area contributed by atoms with E-state index in [1.54, 1.807) is 11.8 Å². The molecule has 0 saturated heterocycles. The molecule has 1 aromatic heterocycles. The van der Waals surface area contributed by atoms with Crippen molar-refractivity contribution in [1.29, 1.82) is 0 Å². The lowest BCUT2D eigenvalue weighted by atomic mass is 10.1. The maximum Gasteiger partial charge on any atom is 0.187 e. The van der Waals surface area contributed by atoms with E-state index in [2.05, 4.69) is 40.2 Å². The van der Waals surface area contributed by atoms with Crippen molar-refractivity contribution in [1.82, 2.24) is 15.3 Å². The van der Waals surface area contributed by atoms with Crippen LogP contribution in [0.3, 0.4) is 0 Å². The van der Waals surface area contributed by atoms with Crippen LogP contribution in [0.25, 0.3) is 0 Å². The van der Waals surface area contributed by atoms with Crippen LogP contribution in [-0.4, -0.2) is 40.8 Å². The van der Waals surface area contributed by atoms with Crippen LogP contribution in [-0.2, 0) is 11.2 Å². The van der Waals surface area contributed by atoms with Crippen molar-refractivity contribution in [2.24, 2.45) is 4.99 Å². The van der Waals surface area contributed by atoms with Crippen molar-refractivity contribution in [3.05, 3.63) is 29.7 Å². The number of hydrogen-bond donors (Lipinski definition) is 1. The molecule has 1 N–H and O–H groups in total. The normalized spacial score (nSPS) is 15.0. The molecule has 0 saturated carbocycles. The average Bonchev–Trinajstić information content (AvgIpc) is 2.69. The van der Waals surface area contributed by atoms with Gasteiger partial charge in [-0.3, -0.25) is 4.99 Å². The maximum absolute atomic E-state index is 5.04. The predicted molar refractivity (Wildman–Crippen MR) is 98.2 cm³/mol. The maximum atomic E-state index is 5.04. The summed E-state index contributed by atoms with van der Waals surface area (Å²) in [7, 11) is 0. The van der Waals surface area contributed by atoms with E-state index in [1.807, 2.05) is 39.4 Å². The first-order valence-corrected chi connectivity index (χ1v) is 9.21. The molecular weight excluding hydrogens is 308 g/mol.